The van der Waals surface area contributed by atoms with Crippen molar-refractivity contribution in [3.63, 3.8) is 0 Å². The lowest BCUT2D eigenvalue weighted by molar-refractivity contribution is 0.0768. The van der Waals surface area contributed by atoms with Crippen LogP contribution in [0.5, 0.6) is 17.4 Å². The predicted octanol–water partition coefficient (Wildman–Crippen LogP) is 3.15. The van der Waals surface area contributed by atoms with Crippen molar-refractivity contribution in [2.75, 3.05) is 27.3 Å². The zero-order valence-corrected chi connectivity index (χ0v) is 15.7. The number of aromatic nitrogens is 1. The topological polar surface area (TPSA) is 60.9 Å². The summed E-state index contributed by atoms with van der Waals surface area (Å²) >= 11 is 3.34. The van der Waals surface area contributed by atoms with E-state index in [1.807, 2.05) is 6.07 Å². The Balaban J connectivity index is 1.67. The third kappa shape index (κ3) is 4.04. The number of rotatable bonds is 5. The van der Waals surface area contributed by atoms with Gasteiger partial charge in [-0.1, -0.05) is 0 Å². The maximum Gasteiger partial charge on any atom is 0.257 e. The number of nitrogens with zero attached hydrogens (tertiary/aromatic N) is 2. The Kier molecular flexibility index (Phi) is 5.43. The van der Waals surface area contributed by atoms with Crippen molar-refractivity contribution in [3.8, 4) is 17.4 Å². The molecule has 0 aliphatic carbocycles. The highest BCUT2D eigenvalue weighted by Gasteiger charge is 2.30. The molecule has 25 heavy (non-hydrogen) atoms. The molecular formula is C18H19BrN2O4. The fourth-order valence-electron chi connectivity index (χ4n) is 2.76. The van der Waals surface area contributed by atoms with E-state index in [0.29, 0.717) is 36.0 Å². The molecule has 1 aromatic carbocycles. The Morgan fingerprint density at radius 2 is 2.08 bits per heavy atom. The summed E-state index contributed by atoms with van der Waals surface area (Å²) in [6.07, 6.45) is 2.39. The van der Waals surface area contributed by atoms with Crippen molar-refractivity contribution in [1.29, 1.82) is 0 Å². The molecule has 1 amide bonds. The maximum absolute atomic E-state index is 12.8. The van der Waals surface area contributed by atoms with Crippen molar-refractivity contribution in [1.82, 2.24) is 9.88 Å². The van der Waals surface area contributed by atoms with Gasteiger partial charge in [-0.3, -0.25) is 4.79 Å². The van der Waals surface area contributed by atoms with E-state index in [2.05, 4.69) is 20.9 Å². The largest absolute Gasteiger partial charge is 0.497 e. The third-order valence-corrected chi connectivity index (χ3v) is 4.53. The van der Waals surface area contributed by atoms with Crippen molar-refractivity contribution in [2.24, 2.45) is 0 Å². The molecule has 2 aromatic rings. The quantitative estimate of drug-likeness (QED) is 0.762. The lowest BCUT2D eigenvalue weighted by atomic mass is 10.1. The second kappa shape index (κ2) is 7.74. The van der Waals surface area contributed by atoms with Crippen LogP contribution in [0.3, 0.4) is 0 Å². The van der Waals surface area contributed by atoms with E-state index in [-0.39, 0.29) is 12.0 Å². The van der Waals surface area contributed by atoms with Gasteiger partial charge >= 0.3 is 0 Å². The van der Waals surface area contributed by atoms with E-state index in [1.165, 1.54) is 0 Å². The molecule has 1 unspecified atom stereocenters. The molecule has 0 bridgehead atoms. The SMILES string of the molecule is COc1ccc(C(=O)N2CCC(Oc3ccc(Br)cn3)C2)c(OC)c1. The highest BCUT2D eigenvalue weighted by molar-refractivity contribution is 9.10. The van der Waals surface area contributed by atoms with E-state index in [1.54, 1.807) is 49.6 Å². The Morgan fingerprint density at radius 3 is 2.76 bits per heavy atom. The molecule has 1 fully saturated rings. The summed E-state index contributed by atoms with van der Waals surface area (Å²) in [6, 6.07) is 8.88. The summed E-state index contributed by atoms with van der Waals surface area (Å²) < 4.78 is 17.3. The van der Waals surface area contributed by atoms with Crippen LogP contribution >= 0.6 is 15.9 Å². The van der Waals surface area contributed by atoms with Gasteiger partial charge in [0.15, 0.2) is 0 Å². The third-order valence-electron chi connectivity index (χ3n) is 4.06. The molecule has 1 aliphatic heterocycles. The molecular weight excluding hydrogens is 388 g/mol. The number of carbonyl (C=O) groups excluding carboxylic acids is 1. The molecule has 0 radical (unpaired) electrons. The average Bonchev–Trinajstić information content (AvgIpc) is 3.11. The molecule has 132 valence electrons. The van der Waals surface area contributed by atoms with Gasteiger partial charge in [0, 0.05) is 35.8 Å². The van der Waals surface area contributed by atoms with E-state index in [9.17, 15) is 4.79 Å². The monoisotopic (exact) mass is 406 g/mol. The molecule has 3 rings (SSSR count). The highest BCUT2D eigenvalue weighted by Crippen LogP contribution is 2.27. The fourth-order valence-corrected chi connectivity index (χ4v) is 2.99. The van der Waals surface area contributed by atoms with Crippen LogP contribution in [0.2, 0.25) is 0 Å². The minimum atomic E-state index is -0.0747. The van der Waals surface area contributed by atoms with Gasteiger partial charge in [0.2, 0.25) is 5.88 Å². The number of pyridine rings is 1. The van der Waals surface area contributed by atoms with Gasteiger partial charge in [-0.05, 0) is 34.1 Å². The van der Waals surface area contributed by atoms with Crippen LogP contribution < -0.4 is 14.2 Å². The number of amides is 1. The molecule has 2 heterocycles. The first-order valence-electron chi connectivity index (χ1n) is 7.90. The lowest BCUT2D eigenvalue weighted by Gasteiger charge is -2.18. The molecule has 1 aromatic heterocycles. The summed E-state index contributed by atoms with van der Waals surface area (Å²) in [5.41, 5.74) is 0.519. The summed E-state index contributed by atoms with van der Waals surface area (Å²) in [7, 11) is 3.12. The Bertz CT molecular complexity index is 751. The Labute approximate surface area is 154 Å². The average molecular weight is 407 g/mol. The second-order valence-corrected chi connectivity index (χ2v) is 6.58. The number of carbonyl (C=O) groups is 1. The van der Waals surface area contributed by atoms with Gasteiger partial charge in [0.25, 0.3) is 5.91 Å². The minimum Gasteiger partial charge on any atom is -0.497 e. The molecule has 1 aliphatic rings. The van der Waals surface area contributed by atoms with Crippen molar-refractivity contribution >= 4 is 21.8 Å². The van der Waals surface area contributed by atoms with Gasteiger partial charge in [-0.25, -0.2) is 4.98 Å². The van der Waals surface area contributed by atoms with Gasteiger partial charge in [0.05, 0.1) is 26.3 Å². The standard InChI is InChI=1S/C18H19BrN2O4/c1-23-13-4-5-15(16(9-13)24-2)18(22)21-8-7-14(11-21)25-17-6-3-12(19)10-20-17/h3-6,9-10,14H,7-8,11H2,1-2H3. The Hall–Kier alpha value is -2.28. The number of likely N-dealkylation sites (tertiary alicyclic amines) is 1. The van der Waals surface area contributed by atoms with Crippen molar-refractivity contribution in [3.05, 3.63) is 46.6 Å². The molecule has 1 saturated heterocycles. The fraction of sp³-hybridized carbons (Fsp3) is 0.333. The van der Waals surface area contributed by atoms with Gasteiger partial charge in [-0.2, -0.15) is 0 Å². The molecule has 6 nitrogen and oxygen atoms in total. The summed E-state index contributed by atoms with van der Waals surface area (Å²) in [6.45, 7) is 1.15. The van der Waals surface area contributed by atoms with Crippen LogP contribution in [-0.2, 0) is 0 Å². The lowest BCUT2D eigenvalue weighted by Crippen LogP contribution is -2.31. The van der Waals surface area contributed by atoms with Crippen LogP contribution in [-0.4, -0.2) is 49.2 Å². The normalized spacial score (nSPS) is 16.6. The van der Waals surface area contributed by atoms with Crippen molar-refractivity contribution < 1.29 is 19.0 Å². The van der Waals surface area contributed by atoms with Gasteiger partial charge < -0.3 is 19.1 Å². The van der Waals surface area contributed by atoms with Crippen LogP contribution in [0.15, 0.2) is 41.0 Å². The van der Waals surface area contributed by atoms with Gasteiger partial charge in [-0.15, -0.1) is 0 Å². The number of ether oxygens (including phenoxy) is 3. The smallest absolute Gasteiger partial charge is 0.257 e. The first-order valence-corrected chi connectivity index (χ1v) is 8.69. The summed E-state index contributed by atoms with van der Waals surface area (Å²) in [5.74, 6) is 1.64. The van der Waals surface area contributed by atoms with Crippen LogP contribution in [0.4, 0.5) is 0 Å². The van der Waals surface area contributed by atoms with E-state index >= 15 is 0 Å². The van der Waals surface area contributed by atoms with Crippen molar-refractivity contribution in [2.45, 2.75) is 12.5 Å². The first-order chi connectivity index (χ1) is 12.1. The molecule has 0 saturated carbocycles. The number of benzene rings is 1. The van der Waals surface area contributed by atoms with Crippen LogP contribution in [0.25, 0.3) is 0 Å². The zero-order chi connectivity index (χ0) is 17.8. The number of halogens is 1. The Morgan fingerprint density at radius 1 is 1.24 bits per heavy atom. The predicted molar refractivity (Wildman–Crippen MR) is 96.4 cm³/mol. The molecule has 0 N–H and O–H groups in total. The van der Waals surface area contributed by atoms with E-state index in [4.69, 9.17) is 14.2 Å². The van der Waals surface area contributed by atoms with E-state index in [0.717, 1.165) is 10.9 Å². The molecule has 1 atom stereocenters. The zero-order valence-electron chi connectivity index (χ0n) is 14.1. The number of methoxy groups -OCH3 is 2. The highest BCUT2D eigenvalue weighted by atomic mass is 79.9. The maximum atomic E-state index is 12.8. The summed E-state index contributed by atoms with van der Waals surface area (Å²) in [5, 5.41) is 0. The van der Waals surface area contributed by atoms with E-state index < -0.39 is 0 Å². The minimum absolute atomic E-state index is 0.0677. The van der Waals surface area contributed by atoms with Crippen LogP contribution in [0.1, 0.15) is 16.8 Å². The second-order valence-electron chi connectivity index (χ2n) is 5.66. The first kappa shape index (κ1) is 17.5. The number of hydrogen-bond donors (Lipinski definition) is 0. The molecule has 7 heteroatoms. The number of hydrogen-bond acceptors (Lipinski definition) is 5. The summed E-state index contributed by atoms with van der Waals surface area (Å²) in [4.78, 5) is 18.8. The van der Waals surface area contributed by atoms with Gasteiger partial charge in [0.1, 0.15) is 17.6 Å². The molecule has 0 spiro atoms. The van der Waals surface area contributed by atoms with Crippen LogP contribution in [0, 0.1) is 0 Å².